The first-order chi connectivity index (χ1) is 17.2. The zero-order valence-corrected chi connectivity index (χ0v) is 21.4. The Morgan fingerprint density at radius 1 is 1.09 bits per heavy atom. The van der Waals surface area contributed by atoms with E-state index in [1.54, 1.807) is 11.3 Å². The lowest BCUT2D eigenvalue weighted by Crippen LogP contribution is -2.30. The van der Waals surface area contributed by atoms with E-state index in [9.17, 15) is 0 Å². The van der Waals surface area contributed by atoms with Crippen molar-refractivity contribution in [1.29, 1.82) is 0 Å². The number of aryl methyl sites for hydroxylation is 1. The molecule has 0 bridgehead atoms. The van der Waals surface area contributed by atoms with Crippen LogP contribution in [0.2, 0.25) is 0 Å². The molecule has 5 rings (SSSR count). The van der Waals surface area contributed by atoms with Crippen molar-refractivity contribution < 1.29 is 4.74 Å². The Bertz CT molecular complexity index is 1210. The van der Waals surface area contributed by atoms with Crippen molar-refractivity contribution in [2.45, 2.75) is 36.5 Å². The number of piperidine rings is 1. The summed E-state index contributed by atoms with van der Waals surface area (Å²) in [5.74, 6) is 2.05. The topological polar surface area (TPSA) is 59.1 Å². The molecule has 1 aliphatic rings. The fourth-order valence-electron chi connectivity index (χ4n) is 4.32. The van der Waals surface area contributed by atoms with Gasteiger partial charge in [0.1, 0.15) is 6.61 Å². The Kier molecular flexibility index (Phi) is 7.98. The van der Waals surface area contributed by atoms with E-state index < -0.39 is 0 Å². The average Bonchev–Trinajstić information content (AvgIpc) is 3.33. The third-order valence-electron chi connectivity index (χ3n) is 6.11. The van der Waals surface area contributed by atoms with Crippen molar-refractivity contribution in [3.8, 4) is 5.75 Å². The molecule has 1 fully saturated rings. The molecule has 5 nitrogen and oxygen atoms in total. The van der Waals surface area contributed by atoms with Crippen LogP contribution in [0, 0.1) is 12.8 Å². The number of pyridine rings is 1. The number of rotatable bonds is 9. The lowest BCUT2D eigenvalue weighted by Gasteiger charge is -2.31. The summed E-state index contributed by atoms with van der Waals surface area (Å²) in [7, 11) is 0. The summed E-state index contributed by atoms with van der Waals surface area (Å²) < 4.78 is 6.30. The van der Waals surface area contributed by atoms with Crippen molar-refractivity contribution in [3.63, 3.8) is 0 Å². The summed E-state index contributed by atoms with van der Waals surface area (Å²) in [5, 5.41) is 10.1. The first-order valence-electron chi connectivity index (χ1n) is 12.0. The Morgan fingerprint density at radius 2 is 1.83 bits per heavy atom. The van der Waals surface area contributed by atoms with Gasteiger partial charge in [0, 0.05) is 21.7 Å². The van der Waals surface area contributed by atoms with Gasteiger partial charge in [0.15, 0.2) is 16.7 Å². The molecule has 35 heavy (non-hydrogen) atoms. The second-order valence-electron chi connectivity index (χ2n) is 8.75. The normalized spacial score (nSPS) is 15.0. The maximum Gasteiger partial charge on any atom is 0.188 e. The van der Waals surface area contributed by atoms with Crippen LogP contribution in [-0.4, -0.2) is 23.1 Å². The first-order valence-corrected chi connectivity index (χ1v) is 13.8. The van der Waals surface area contributed by atoms with Crippen LogP contribution in [0.4, 0.5) is 10.9 Å². The largest absolute Gasteiger partial charge is 0.485 e. The average molecular weight is 503 g/mol. The number of ether oxygens (including phenoxy) is 1. The van der Waals surface area contributed by atoms with Crippen LogP contribution in [0.1, 0.15) is 34.9 Å². The number of thiazole rings is 1. The van der Waals surface area contributed by atoms with Crippen LogP contribution in [0.5, 0.6) is 5.75 Å². The van der Waals surface area contributed by atoms with Crippen LogP contribution in [-0.2, 0) is 6.61 Å². The van der Waals surface area contributed by atoms with E-state index in [1.807, 2.05) is 48.5 Å². The number of nitrogens with zero attached hydrogens (tertiary/aromatic N) is 2. The maximum atomic E-state index is 6.30. The van der Waals surface area contributed by atoms with Gasteiger partial charge in [-0.05, 0) is 56.0 Å². The van der Waals surface area contributed by atoms with E-state index in [2.05, 4.69) is 64.1 Å². The highest BCUT2D eigenvalue weighted by atomic mass is 32.2. The number of nitrogens with one attached hydrogen (secondary N) is 2. The summed E-state index contributed by atoms with van der Waals surface area (Å²) in [6.07, 6.45) is 4.32. The summed E-state index contributed by atoms with van der Waals surface area (Å²) in [4.78, 5) is 10.4. The maximum absolute atomic E-state index is 6.30. The Hall–Kier alpha value is -2.87. The summed E-state index contributed by atoms with van der Waals surface area (Å²) in [5.41, 5.74) is 3.49. The number of benzene rings is 2. The van der Waals surface area contributed by atoms with Crippen LogP contribution in [0.15, 0.2) is 83.2 Å². The van der Waals surface area contributed by atoms with Crippen LogP contribution in [0.25, 0.3) is 0 Å². The lowest BCUT2D eigenvalue weighted by atomic mass is 9.90. The van der Waals surface area contributed by atoms with Crippen molar-refractivity contribution in [2.75, 3.05) is 18.4 Å². The fourth-order valence-corrected chi connectivity index (χ4v) is 6.34. The second-order valence-corrected chi connectivity index (χ2v) is 10.8. The Morgan fingerprint density at radius 3 is 2.54 bits per heavy atom. The zero-order valence-electron chi connectivity index (χ0n) is 19.8. The predicted molar refractivity (Wildman–Crippen MR) is 146 cm³/mol. The highest BCUT2D eigenvalue weighted by Crippen LogP contribution is 2.45. The van der Waals surface area contributed by atoms with Gasteiger partial charge in [-0.2, -0.15) is 0 Å². The minimum atomic E-state index is 0.377. The Labute approximate surface area is 215 Å². The molecule has 1 aliphatic heterocycles. The van der Waals surface area contributed by atoms with E-state index in [0.29, 0.717) is 23.6 Å². The quantitative estimate of drug-likeness (QED) is 0.240. The molecule has 0 amide bonds. The zero-order chi connectivity index (χ0) is 23.9. The summed E-state index contributed by atoms with van der Waals surface area (Å²) in [6.45, 7) is 4.63. The van der Waals surface area contributed by atoms with E-state index in [-0.39, 0.29) is 0 Å². The van der Waals surface area contributed by atoms with E-state index in [4.69, 9.17) is 9.72 Å². The molecule has 2 aromatic carbocycles. The molecule has 1 saturated heterocycles. The van der Waals surface area contributed by atoms with E-state index >= 15 is 0 Å². The van der Waals surface area contributed by atoms with Crippen molar-refractivity contribution in [2.24, 2.45) is 5.92 Å². The molecule has 4 aromatic rings. The molecule has 7 heteroatoms. The van der Waals surface area contributed by atoms with E-state index in [1.165, 1.54) is 18.4 Å². The minimum Gasteiger partial charge on any atom is -0.485 e. The molecule has 180 valence electrons. The number of thioether (sulfide) groups is 1. The molecule has 0 radical (unpaired) electrons. The third-order valence-corrected chi connectivity index (χ3v) is 8.39. The highest BCUT2D eigenvalue weighted by molar-refractivity contribution is 7.99. The molecule has 0 spiro atoms. The summed E-state index contributed by atoms with van der Waals surface area (Å²) in [6, 6.07) is 23.2. The molecular formula is C28H30N4OS2. The standard InChI is InChI=1S/C28H30N4OS2/c1-20-19-34-28(31-20)32-27-25(33-18-21-8-4-2-5-9-21)16-24(17-30-27)35-26(22-10-6-3-7-11-22)23-12-14-29-15-13-23/h2-11,16-17,19,23,26,29H,12-15,18H2,1H3,(H,30,31,32). The number of hydrogen-bond donors (Lipinski definition) is 2. The number of anilines is 2. The predicted octanol–water partition coefficient (Wildman–Crippen LogP) is 7.00. The smallest absolute Gasteiger partial charge is 0.188 e. The molecule has 1 atom stereocenters. The van der Waals surface area contributed by atoms with Gasteiger partial charge in [-0.3, -0.25) is 0 Å². The molecule has 0 aliphatic carbocycles. The van der Waals surface area contributed by atoms with Crippen molar-refractivity contribution >= 4 is 34.0 Å². The molecular weight excluding hydrogens is 472 g/mol. The van der Waals surface area contributed by atoms with Gasteiger partial charge < -0.3 is 15.4 Å². The number of hydrogen-bond acceptors (Lipinski definition) is 7. The lowest BCUT2D eigenvalue weighted by molar-refractivity contribution is 0.306. The van der Waals surface area contributed by atoms with Gasteiger partial charge in [-0.1, -0.05) is 60.7 Å². The monoisotopic (exact) mass is 502 g/mol. The second kappa shape index (κ2) is 11.7. The Balaban J connectivity index is 1.42. The fraction of sp³-hybridized carbons (Fsp3) is 0.286. The van der Waals surface area contributed by atoms with Crippen LogP contribution < -0.4 is 15.4 Å². The van der Waals surface area contributed by atoms with Crippen molar-refractivity contribution in [1.82, 2.24) is 15.3 Å². The first kappa shape index (κ1) is 23.9. The third kappa shape index (κ3) is 6.42. The minimum absolute atomic E-state index is 0.377. The molecule has 1 unspecified atom stereocenters. The van der Waals surface area contributed by atoms with Gasteiger partial charge in [0.25, 0.3) is 0 Å². The number of aromatic nitrogens is 2. The molecule has 3 heterocycles. The van der Waals surface area contributed by atoms with Crippen LogP contribution in [0.3, 0.4) is 0 Å². The molecule has 2 N–H and O–H groups in total. The van der Waals surface area contributed by atoms with Gasteiger partial charge in [-0.15, -0.1) is 23.1 Å². The SMILES string of the molecule is Cc1csc(Nc2ncc(SC(c3ccccc3)C3CCNCC3)cc2OCc2ccccc2)n1. The van der Waals surface area contributed by atoms with Gasteiger partial charge in [0.05, 0.1) is 5.69 Å². The van der Waals surface area contributed by atoms with Crippen molar-refractivity contribution in [3.05, 3.63) is 95.1 Å². The summed E-state index contributed by atoms with van der Waals surface area (Å²) >= 11 is 3.46. The highest BCUT2D eigenvalue weighted by Gasteiger charge is 2.26. The van der Waals surface area contributed by atoms with Gasteiger partial charge >= 0.3 is 0 Å². The van der Waals surface area contributed by atoms with E-state index in [0.717, 1.165) is 40.1 Å². The molecule has 2 aromatic heterocycles. The molecule has 0 saturated carbocycles. The van der Waals surface area contributed by atoms with Crippen LogP contribution >= 0.6 is 23.1 Å². The van der Waals surface area contributed by atoms with Gasteiger partial charge in [0.2, 0.25) is 0 Å². The van der Waals surface area contributed by atoms with Gasteiger partial charge in [-0.25, -0.2) is 9.97 Å².